The zero-order valence-corrected chi connectivity index (χ0v) is 21.2. The van der Waals surface area contributed by atoms with E-state index in [0.29, 0.717) is 36.3 Å². The van der Waals surface area contributed by atoms with Gasteiger partial charge in [-0.15, -0.1) is 0 Å². The van der Waals surface area contributed by atoms with E-state index in [2.05, 4.69) is 10.2 Å². The molecular formula is C32H29N3O3. The van der Waals surface area contributed by atoms with Gasteiger partial charge >= 0.3 is 0 Å². The normalized spacial score (nSPS) is 18.1. The summed E-state index contributed by atoms with van der Waals surface area (Å²) in [5.41, 5.74) is 6.60. The zero-order valence-electron chi connectivity index (χ0n) is 21.2. The Morgan fingerprint density at radius 2 is 1.45 bits per heavy atom. The van der Waals surface area contributed by atoms with Gasteiger partial charge in [-0.1, -0.05) is 54.6 Å². The number of para-hydroxylation sites is 2. The van der Waals surface area contributed by atoms with Crippen LogP contribution in [0, 0.1) is 6.92 Å². The number of anilines is 3. The third-order valence-electron chi connectivity index (χ3n) is 7.51. The molecule has 190 valence electrons. The topological polar surface area (TPSA) is 72.9 Å². The van der Waals surface area contributed by atoms with Crippen molar-refractivity contribution in [1.29, 1.82) is 0 Å². The number of hydrogen-bond donors (Lipinski definition) is 2. The molecule has 0 spiro atoms. The standard InChI is InChI=1S/C32H29N3O3/c1-21-8-2-3-9-26(21)27-10-4-5-11-28(27)31(37)33-23-16-14-22(15-17-23)32(38)35-19-24-18-25(36)20-34(24)29-12-6-7-13-30(29)35/h2-17,24-25,36H,18-20H2,1H3,(H,33,37)/t24-,25+/m1/s1. The third kappa shape index (κ3) is 4.33. The molecule has 0 saturated carbocycles. The van der Waals surface area contributed by atoms with E-state index in [0.717, 1.165) is 28.1 Å². The predicted molar refractivity (Wildman–Crippen MR) is 151 cm³/mol. The van der Waals surface area contributed by atoms with E-state index in [1.165, 1.54) is 0 Å². The second-order valence-electron chi connectivity index (χ2n) is 9.99. The number of aryl methyl sites for hydroxylation is 1. The average Bonchev–Trinajstić information content (AvgIpc) is 3.33. The van der Waals surface area contributed by atoms with Crippen LogP contribution < -0.4 is 15.1 Å². The summed E-state index contributed by atoms with van der Waals surface area (Å²) in [7, 11) is 0. The number of nitrogens with one attached hydrogen (secondary N) is 1. The summed E-state index contributed by atoms with van der Waals surface area (Å²) in [5.74, 6) is -0.297. The van der Waals surface area contributed by atoms with Gasteiger partial charge in [0, 0.05) is 35.9 Å². The second kappa shape index (κ2) is 9.80. The smallest absolute Gasteiger partial charge is 0.258 e. The van der Waals surface area contributed by atoms with E-state index in [9.17, 15) is 14.7 Å². The molecule has 0 aromatic heterocycles. The first-order valence-corrected chi connectivity index (χ1v) is 12.9. The van der Waals surface area contributed by atoms with E-state index in [4.69, 9.17) is 0 Å². The Bertz CT molecular complexity index is 1510. The fraction of sp³-hybridized carbons (Fsp3) is 0.188. The lowest BCUT2D eigenvalue weighted by molar-refractivity contribution is 0.0982. The van der Waals surface area contributed by atoms with Crippen LogP contribution in [0.5, 0.6) is 0 Å². The molecule has 0 bridgehead atoms. The van der Waals surface area contributed by atoms with Crippen LogP contribution in [0.2, 0.25) is 0 Å². The van der Waals surface area contributed by atoms with Gasteiger partial charge in [0.2, 0.25) is 0 Å². The summed E-state index contributed by atoms with van der Waals surface area (Å²) in [6.45, 7) is 3.15. The Balaban J connectivity index is 1.22. The Kier molecular flexibility index (Phi) is 6.18. The summed E-state index contributed by atoms with van der Waals surface area (Å²) in [5, 5.41) is 13.2. The van der Waals surface area contributed by atoms with Gasteiger partial charge in [-0.25, -0.2) is 0 Å². The molecule has 0 aliphatic carbocycles. The van der Waals surface area contributed by atoms with Crippen molar-refractivity contribution in [3.63, 3.8) is 0 Å². The molecule has 4 aromatic carbocycles. The largest absolute Gasteiger partial charge is 0.391 e. The molecule has 6 heteroatoms. The number of benzene rings is 4. The van der Waals surface area contributed by atoms with Crippen molar-refractivity contribution in [2.45, 2.75) is 25.5 Å². The first kappa shape index (κ1) is 23.9. The molecule has 2 heterocycles. The molecule has 4 aromatic rings. The molecule has 0 unspecified atom stereocenters. The first-order chi connectivity index (χ1) is 18.5. The lowest BCUT2D eigenvalue weighted by Crippen LogP contribution is -2.48. The quantitative estimate of drug-likeness (QED) is 0.385. The number of carbonyl (C=O) groups excluding carboxylic acids is 2. The van der Waals surface area contributed by atoms with Crippen molar-refractivity contribution in [2.75, 3.05) is 28.2 Å². The van der Waals surface area contributed by atoms with Gasteiger partial charge in [-0.05, 0) is 72.5 Å². The summed E-state index contributed by atoms with van der Waals surface area (Å²) >= 11 is 0. The van der Waals surface area contributed by atoms with E-state index in [-0.39, 0.29) is 24.0 Å². The maximum Gasteiger partial charge on any atom is 0.258 e. The van der Waals surface area contributed by atoms with Crippen molar-refractivity contribution in [2.24, 2.45) is 0 Å². The van der Waals surface area contributed by atoms with Crippen LogP contribution in [-0.4, -0.2) is 42.2 Å². The number of carbonyl (C=O) groups is 2. The first-order valence-electron chi connectivity index (χ1n) is 12.9. The summed E-state index contributed by atoms with van der Waals surface area (Å²) in [6.07, 6.45) is 0.259. The second-order valence-corrected chi connectivity index (χ2v) is 9.99. The van der Waals surface area contributed by atoms with Crippen LogP contribution in [0.1, 0.15) is 32.7 Å². The number of hydrogen-bond acceptors (Lipinski definition) is 4. The monoisotopic (exact) mass is 503 g/mol. The molecule has 1 fully saturated rings. The third-order valence-corrected chi connectivity index (χ3v) is 7.51. The van der Waals surface area contributed by atoms with Gasteiger partial charge < -0.3 is 20.2 Å². The van der Waals surface area contributed by atoms with Crippen molar-refractivity contribution >= 4 is 28.9 Å². The van der Waals surface area contributed by atoms with E-state index >= 15 is 0 Å². The Morgan fingerprint density at radius 3 is 2.21 bits per heavy atom. The minimum atomic E-state index is -0.387. The highest BCUT2D eigenvalue weighted by molar-refractivity contribution is 6.10. The molecule has 1 saturated heterocycles. The minimum Gasteiger partial charge on any atom is -0.391 e. The van der Waals surface area contributed by atoms with E-state index < -0.39 is 0 Å². The summed E-state index contributed by atoms with van der Waals surface area (Å²) < 4.78 is 0. The van der Waals surface area contributed by atoms with Crippen LogP contribution >= 0.6 is 0 Å². The number of aliphatic hydroxyl groups is 1. The van der Waals surface area contributed by atoms with Gasteiger partial charge in [0.25, 0.3) is 11.8 Å². The molecule has 6 nitrogen and oxygen atoms in total. The van der Waals surface area contributed by atoms with Crippen molar-refractivity contribution < 1.29 is 14.7 Å². The Labute approximate surface area is 222 Å². The number of fused-ring (bicyclic) bond motifs is 3. The van der Waals surface area contributed by atoms with Crippen molar-refractivity contribution in [3.8, 4) is 11.1 Å². The van der Waals surface area contributed by atoms with Gasteiger partial charge in [-0.3, -0.25) is 9.59 Å². The lowest BCUT2D eigenvalue weighted by atomic mass is 9.95. The van der Waals surface area contributed by atoms with Crippen LogP contribution in [0.25, 0.3) is 11.1 Å². The Morgan fingerprint density at radius 1 is 0.789 bits per heavy atom. The van der Waals surface area contributed by atoms with Crippen molar-refractivity contribution in [3.05, 3.63) is 114 Å². The van der Waals surface area contributed by atoms with Gasteiger partial charge in [-0.2, -0.15) is 0 Å². The summed E-state index contributed by atoms with van der Waals surface area (Å²) in [6, 6.07) is 30.6. The van der Waals surface area contributed by atoms with E-state index in [1.807, 2.05) is 79.7 Å². The summed E-state index contributed by atoms with van der Waals surface area (Å²) in [4.78, 5) is 30.8. The van der Waals surface area contributed by atoms with Gasteiger partial charge in [0.05, 0.1) is 17.5 Å². The predicted octanol–water partition coefficient (Wildman–Crippen LogP) is 5.51. The van der Waals surface area contributed by atoms with Crippen LogP contribution in [0.4, 0.5) is 17.1 Å². The van der Waals surface area contributed by atoms with Crippen LogP contribution in [-0.2, 0) is 0 Å². The minimum absolute atomic E-state index is 0.0933. The highest BCUT2D eigenvalue weighted by atomic mass is 16.3. The number of aliphatic hydroxyl groups excluding tert-OH is 1. The van der Waals surface area contributed by atoms with Crippen LogP contribution in [0.3, 0.4) is 0 Å². The fourth-order valence-electron chi connectivity index (χ4n) is 5.64. The Hall–Kier alpha value is -4.42. The molecular weight excluding hydrogens is 474 g/mol. The molecule has 2 aliphatic rings. The maximum absolute atomic E-state index is 13.6. The molecule has 0 radical (unpaired) electrons. The number of amides is 2. The van der Waals surface area contributed by atoms with Crippen molar-refractivity contribution in [1.82, 2.24) is 0 Å². The van der Waals surface area contributed by atoms with Gasteiger partial charge in [0.1, 0.15) is 0 Å². The molecule has 2 N–H and O–H groups in total. The van der Waals surface area contributed by atoms with Gasteiger partial charge in [0.15, 0.2) is 0 Å². The molecule has 2 aliphatic heterocycles. The van der Waals surface area contributed by atoms with Crippen LogP contribution in [0.15, 0.2) is 97.1 Å². The molecule has 6 rings (SSSR count). The number of rotatable bonds is 4. The lowest BCUT2D eigenvalue weighted by Gasteiger charge is -2.40. The average molecular weight is 504 g/mol. The highest BCUT2D eigenvalue weighted by Gasteiger charge is 2.39. The molecule has 38 heavy (non-hydrogen) atoms. The SMILES string of the molecule is Cc1ccccc1-c1ccccc1C(=O)Nc1ccc(C(=O)N2C[C@H]3C[C@H](O)CN3c3ccccc32)cc1. The maximum atomic E-state index is 13.6. The number of nitrogens with zero attached hydrogens (tertiary/aromatic N) is 2. The molecule has 2 atom stereocenters. The highest BCUT2D eigenvalue weighted by Crippen LogP contribution is 2.40. The fourth-order valence-corrected chi connectivity index (χ4v) is 5.64. The van der Waals surface area contributed by atoms with E-state index in [1.54, 1.807) is 29.2 Å². The zero-order chi connectivity index (χ0) is 26.2. The molecule has 2 amide bonds.